The highest BCUT2D eigenvalue weighted by Crippen LogP contribution is 2.39. The largest absolute Gasteiger partial charge is 0.480 e. The van der Waals surface area contributed by atoms with E-state index in [-0.39, 0.29) is 22.4 Å². The van der Waals surface area contributed by atoms with Gasteiger partial charge in [-0.05, 0) is 54.2 Å². The number of anilines is 2. The van der Waals surface area contributed by atoms with Crippen molar-refractivity contribution in [1.82, 2.24) is 19.3 Å². The lowest BCUT2D eigenvalue weighted by atomic mass is 9.95. The van der Waals surface area contributed by atoms with Gasteiger partial charge < -0.3 is 19.9 Å². The Morgan fingerprint density at radius 2 is 1.78 bits per heavy atom. The number of carboxylic acid groups (broad SMARTS) is 1. The molecule has 0 amide bonds. The van der Waals surface area contributed by atoms with E-state index in [1.807, 2.05) is 6.07 Å². The Morgan fingerprint density at radius 1 is 1.02 bits per heavy atom. The number of hydrogen-bond acceptors (Lipinski definition) is 9. The number of carboxylic acids is 1. The van der Waals surface area contributed by atoms with E-state index in [1.165, 1.54) is 40.6 Å². The monoisotopic (exact) mass is 577 g/mol. The summed E-state index contributed by atoms with van der Waals surface area (Å²) >= 11 is 0. The molecule has 2 aromatic carbocycles. The summed E-state index contributed by atoms with van der Waals surface area (Å²) in [4.78, 5) is 24.9. The van der Waals surface area contributed by atoms with Gasteiger partial charge in [0, 0.05) is 37.6 Å². The minimum Gasteiger partial charge on any atom is -0.480 e. The van der Waals surface area contributed by atoms with Gasteiger partial charge in [0.1, 0.15) is 4.90 Å². The number of fused-ring (bicyclic) bond motifs is 1. The third-order valence-corrected chi connectivity index (χ3v) is 9.14. The molecule has 11 nitrogen and oxygen atoms in total. The van der Waals surface area contributed by atoms with Crippen LogP contribution in [0.1, 0.15) is 47.5 Å². The number of aromatic nitrogens is 3. The van der Waals surface area contributed by atoms with Crippen molar-refractivity contribution in [3.05, 3.63) is 59.9 Å². The molecule has 0 saturated heterocycles. The minimum atomic E-state index is -3.91. The molecule has 1 saturated carbocycles. The second-order valence-electron chi connectivity index (χ2n) is 10.1. The number of pyridine rings is 1. The quantitative estimate of drug-likeness (QED) is 0.277. The predicted molar refractivity (Wildman–Crippen MR) is 155 cm³/mol. The fourth-order valence-corrected chi connectivity index (χ4v) is 6.15. The highest BCUT2D eigenvalue weighted by atomic mass is 32.2. The zero-order valence-electron chi connectivity index (χ0n) is 23.2. The third-order valence-electron chi connectivity index (χ3n) is 7.31. The predicted octanol–water partition coefficient (Wildman–Crippen LogP) is 5.06. The van der Waals surface area contributed by atoms with E-state index in [1.54, 1.807) is 30.5 Å². The van der Waals surface area contributed by atoms with Crippen LogP contribution in [0.25, 0.3) is 22.0 Å². The molecular weight excluding hydrogens is 546 g/mol. The van der Waals surface area contributed by atoms with Crippen molar-refractivity contribution in [1.29, 1.82) is 0 Å². The van der Waals surface area contributed by atoms with Gasteiger partial charge in [0.05, 0.1) is 36.6 Å². The number of sulfonamides is 1. The number of rotatable bonds is 9. The number of ether oxygens (including phenoxy) is 2. The van der Waals surface area contributed by atoms with Crippen molar-refractivity contribution in [2.45, 2.75) is 36.5 Å². The van der Waals surface area contributed by atoms with Crippen molar-refractivity contribution in [2.75, 3.05) is 33.6 Å². The van der Waals surface area contributed by atoms with Gasteiger partial charge >= 0.3 is 12.0 Å². The smallest absolute Gasteiger partial charge is 0.335 e. The molecule has 214 valence electrons. The van der Waals surface area contributed by atoms with Gasteiger partial charge in [-0.25, -0.2) is 22.5 Å². The summed E-state index contributed by atoms with van der Waals surface area (Å²) in [6, 6.07) is 10.7. The molecule has 2 heterocycles. The lowest BCUT2D eigenvalue weighted by Crippen LogP contribution is -2.23. The lowest BCUT2D eigenvalue weighted by Gasteiger charge is -2.20. The lowest BCUT2D eigenvalue weighted by molar-refractivity contribution is 0.0696. The minimum absolute atomic E-state index is 0.0312. The molecule has 1 fully saturated rings. The molecule has 12 heteroatoms. The number of methoxy groups -OCH3 is 2. The maximum atomic E-state index is 13.4. The third kappa shape index (κ3) is 5.52. The average Bonchev–Trinajstić information content (AvgIpc) is 3.51. The van der Waals surface area contributed by atoms with Crippen LogP contribution in [0.5, 0.6) is 11.9 Å². The van der Waals surface area contributed by atoms with Crippen molar-refractivity contribution in [3.8, 4) is 23.0 Å². The van der Waals surface area contributed by atoms with Gasteiger partial charge in [-0.1, -0.05) is 25.0 Å². The summed E-state index contributed by atoms with van der Waals surface area (Å²) in [5.41, 5.74) is 3.67. The fourth-order valence-electron chi connectivity index (χ4n) is 5.15. The number of nitrogens with one attached hydrogen (secondary N) is 1. The molecule has 1 aliphatic rings. The standard InChI is InChI=1S/C29H31N5O6S/c1-34(2)41(37,38)25-16-30-24-14-18(23-15-31-29(40-4)33-27(23)39-3)9-10-22(24)26(25)32-21-12-19(17-7-5-6-8-17)11-20(13-21)28(35)36/h9-17H,5-8H2,1-4H3,(H,30,32)(H,35,36). The van der Waals surface area contributed by atoms with E-state index in [4.69, 9.17) is 9.47 Å². The fraction of sp³-hybridized carbons (Fsp3) is 0.310. The molecule has 0 unspecified atom stereocenters. The molecule has 0 radical (unpaired) electrons. The number of aromatic carboxylic acids is 1. The van der Waals surface area contributed by atoms with Crippen LogP contribution in [0.15, 0.2) is 53.7 Å². The van der Waals surface area contributed by atoms with Crippen LogP contribution in [0.4, 0.5) is 11.4 Å². The Labute approximate surface area is 238 Å². The van der Waals surface area contributed by atoms with Crippen LogP contribution >= 0.6 is 0 Å². The van der Waals surface area contributed by atoms with Gasteiger partial charge in [0.2, 0.25) is 15.9 Å². The number of benzene rings is 2. The van der Waals surface area contributed by atoms with Crippen molar-refractivity contribution >= 4 is 38.3 Å². The molecule has 0 bridgehead atoms. The molecule has 0 aliphatic heterocycles. The summed E-state index contributed by atoms with van der Waals surface area (Å²) in [5, 5.41) is 13.6. The summed E-state index contributed by atoms with van der Waals surface area (Å²) in [6.07, 6.45) is 7.06. The number of nitrogens with zero attached hydrogens (tertiary/aromatic N) is 4. The van der Waals surface area contributed by atoms with Crippen LogP contribution in [-0.2, 0) is 10.0 Å². The summed E-state index contributed by atoms with van der Waals surface area (Å²) in [7, 11) is 1.95. The molecule has 1 aliphatic carbocycles. The molecule has 2 N–H and O–H groups in total. The van der Waals surface area contributed by atoms with Crippen LogP contribution in [-0.4, -0.2) is 67.1 Å². The Bertz CT molecular complexity index is 1740. The Balaban J connectivity index is 1.68. The number of carbonyl (C=O) groups is 1. The van der Waals surface area contributed by atoms with Gasteiger partial charge in [-0.15, -0.1) is 0 Å². The number of hydrogen-bond donors (Lipinski definition) is 2. The molecule has 0 atom stereocenters. The molecule has 0 spiro atoms. The Hall–Kier alpha value is -4.29. The first kappa shape index (κ1) is 28.2. The topological polar surface area (TPSA) is 144 Å². The van der Waals surface area contributed by atoms with E-state index < -0.39 is 16.0 Å². The SMILES string of the molecule is COc1ncc(-c2ccc3c(Nc4cc(C(=O)O)cc(C5CCCC5)c4)c(S(=O)(=O)N(C)C)cnc3c2)c(OC)n1. The maximum absolute atomic E-state index is 13.4. The average molecular weight is 578 g/mol. The van der Waals surface area contributed by atoms with Gasteiger partial charge in [0.25, 0.3) is 0 Å². The Morgan fingerprint density at radius 3 is 2.44 bits per heavy atom. The van der Waals surface area contributed by atoms with Gasteiger partial charge in [0.15, 0.2) is 0 Å². The highest BCUT2D eigenvalue weighted by molar-refractivity contribution is 7.89. The molecule has 5 rings (SSSR count). The van der Waals surface area contributed by atoms with Crippen LogP contribution in [0.2, 0.25) is 0 Å². The van der Waals surface area contributed by atoms with Crippen molar-refractivity contribution < 1.29 is 27.8 Å². The van der Waals surface area contributed by atoms with E-state index in [9.17, 15) is 18.3 Å². The molecule has 2 aromatic heterocycles. The van der Waals surface area contributed by atoms with E-state index in [2.05, 4.69) is 20.3 Å². The van der Waals surface area contributed by atoms with Crippen molar-refractivity contribution in [3.63, 3.8) is 0 Å². The van der Waals surface area contributed by atoms with Crippen LogP contribution in [0.3, 0.4) is 0 Å². The zero-order chi connectivity index (χ0) is 29.3. The molecular formula is C29H31N5O6S. The van der Waals surface area contributed by atoms with Gasteiger partial charge in [-0.2, -0.15) is 4.98 Å². The molecule has 4 aromatic rings. The van der Waals surface area contributed by atoms with Gasteiger partial charge in [-0.3, -0.25) is 4.98 Å². The normalized spacial score (nSPS) is 14.0. The second kappa shape index (κ2) is 11.3. The first-order valence-corrected chi connectivity index (χ1v) is 14.5. The summed E-state index contributed by atoms with van der Waals surface area (Å²) in [6.45, 7) is 0. The first-order valence-electron chi connectivity index (χ1n) is 13.1. The van der Waals surface area contributed by atoms with E-state index in [0.717, 1.165) is 35.6 Å². The van der Waals surface area contributed by atoms with Crippen LogP contribution < -0.4 is 14.8 Å². The van der Waals surface area contributed by atoms with Crippen LogP contribution in [0, 0.1) is 0 Å². The second-order valence-corrected chi connectivity index (χ2v) is 12.2. The first-order chi connectivity index (χ1) is 19.6. The van der Waals surface area contributed by atoms with E-state index in [0.29, 0.717) is 39.3 Å². The highest BCUT2D eigenvalue weighted by Gasteiger charge is 2.26. The molecule has 41 heavy (non-hydrogen) atoms. The Kier molecular flexibility index (Phi) is 7.78. The van der Waals surface area contributed by atoms with Crippen molar-refractivity contribution in [2.24, 2.45) is 0 Å². The maximum Gasteiger partial charge on any atom is 0.335 e. The summed E-state index contributed by atoms with van der Waals surface area (Å²) in [5.74, 6) is -0.474. The zero-order valence-corrected chi connectivity index (χ0v) is 24.0. The van der Waals surface area contributed by atoms with E-state index >= 15 is 0 Å². The summed E-state index contributed by atoms with van der Waals surface area (Å²) < 4.78 is 38.4.